The number of aliphatic hydroxyl groups is 1. The zero-order chi connectivity index (χ0) is 45.1. The van der Waals surface area contributed by atoms with Gasteiger partial charge in [0.1, 0.15) is 12.6 Å². The molecule has 0 rings (SSSR count). The minimum absolute atomic E-state index is 0.0338. The Morgan fingerprint density at radius 1 is 0.607 bits per heavy atom. The number of esters is 2. The van der Waals surface area contributed by atoms with Gasteiger partial charge >= 0.3 is 25.7 Å². The van der Waals surface area contributed by atoms with Gasteiger partial charge in [-0.2, -0.15) is 0 Å². The first-order valence-electron chi connectivity index (χ1n) is 22.0. The Hall–Kier alpha value is -3.90. The average molecular weight is 874 g/mol. The molecular formula is C48H76NO11P. The van der Waals surface area contributed by atoms with Crippen LogP contribution in [0.3, 0.4) is 0 Å². The van der Waals surface area contributed by atoms with E-state index in [4.69, 9.17) is 24.8 Å². The van der Waals surface area contributed by atoms with Crippen molar-refractivity contribution in [1.29, 1.82) is 0 Å². The van der Waals surface area contributed by atoms with Crippen molar-refractivity contribution in [3.63, 3.8) is 0 Å². The summed E-state index contributed by atoms with van der Waals surface area (Å²) in [6, 6.07) is -1.57. The molecule has 5 N–H and O–H groups in total. The summed E-state index contributed by atoms with van der Waals surface area (Å²) in [5, 5.41) is 19.2. The molecule has 0 spiro atoms. The molecule has 0 aliphatic heterocycles. The van der Waals surface area contributed by atoms with Gasteiger partial charge in [0, 0.05) is 12.8 Å². The third-order valence-corrected chi connectivity index (χ3v) is 9.57. The van der Waals surface area contributed by atoms with Crippen LogP contribution in [0.5, 0.6) is 0 Å². The summed E-state index contributed by atoms with van der Waals surface area (Å²) < 4.78 is 32.5. The molecule has 344 valence electrons. The molecule has 13 heteroatoms. The Labute approximate surface area is 366 Å². The van der Waals surface area contributed by atoms with Gasteiger partial charge < -0.3 is 30.3 Å². The van der Waals surface area contributed by atoms with Gasteiger partial charge in [-0.05, 0) is 83.5 Å². The predicted molar refractivity (Wildman–Crippen MR) is 246 cm³/mol. The number of phosphoric acid groups is 1. The lowest BCUT2D eigenvalue weighted by atomic mass is 10.1. The fourth-order valence-electron chi connectivity index (χ4n) is 5.12. The molecule has 0 aromatic carbocycles. The van der Waals surface area contributed by atoms with Gasteiger partial charge in [-0.25, -0.2) is 4.57 Å². The van der Waals surface area contributed by atoms with E-state index < -0.39 is 63.8 Å². The Kier molecular flexibility index (Phi) is 38.8. The predicted octanol–water partition coefficient (Wildman–Crippen LogP) is 10.8. The number of hydrogen-bond acceptors (Lipinski definition) is 10. The Balaban J connectivity index is 4.66. The molecule has 0 saturated carbocycles. The molecular weight excluding hydrogens is 797 g/mol. The monoisotopic (exact) mass is 874 g/mol. The summed E-state index contributed by atoms with van der Waals surface area (Å²) in [5.41, 5.74) is 5.32. The first kappa shape index (κ1) is 57.1. The maximum Gasteiger partial charge on any atom is 0.472 e. The second-order valence-electron chi connectivity index (χ2n) is 14.3. The molecule has 2 unspecified atom stereocenters. The normalized spacial score (nSPS) is 15.2. The highest BCUT2D eigenvalue weighted by atomic mass is 31.2. The summed E-state index contributed by atoms with van der Waals surface area (Å²) in [6.45, 7) is 2.37. The maximum atomic E-state index is 12.6. The van der Waals surface area contributed by atoms with Crippen molar-refractivity contribution in [3.05, 3.63) is 109 Å². The summed E-state index contributed by atoms with van der Waals surface area (Å²) in [4.78, 5) is 46.0. The van der Waals surface area contributed by atoms with Crippen LogP contribution in [0, 0.1) is 0 Å². The first-order valence-corrected chi connectivity index (χ1v) is 23.5. The summed E-state index contributed by atoms with van der Waals surface area (Å²) in [6.07, 6.45) is 50.5. The fourth-order valence-corrected chi connectivity index (χ4v) is 5.90. The van der Waals surface area contributed by atoms with E-state index in [1.165, 1.54) is 25.3 Å². The van der Waals surface area contributed by atoms with Crippen molar-refractivity contribution >= 4 is 25.7 Å². The quantitative estimate of drug-likeness (QED) is 0.0150. The number of carbonyl (C=O) groups excluding carboxylic acids is 2. The standard InChI is InChI=1S/C48H76NO11P/c1-3-5-7-9-11-13-15-17-19-21-23-25-27-29-31-33-35-37-46(51)57-40-44(41-58-61(55,56)59-42-45(49)48(53)54)60-47(52)39-38-43(50)36-34-32-30-28-26-24-22-20-18-16-14-12-10-8-6-4-2/h6,8,11-14,17-20,23-26,30,32,34,36,43-45,50H,3-5,7,9-10,15-16,21-22,27-29,31,33,35,37-42,49H2,1-2H3,(H,53,54)(H,55,56)/b8-6-,13-11-,14-12-,19-17-,20-18-,25-23-,26-24-,32-30-,36-34-/t43?,44-,45+/m1/s1. The molecule has 61 heavy (non-hydrogen) atoms. The summed E-state index contributed by atoms with van der Waals surface area (Å²) in [7, 11) is -4.80. The molecule has 0 aromatic rings. The van der Waals surface area contributed by atoms with E-state index in [-0.39, 0.29) is 19.3 Å². The number of hydrogen-bond donors (Lipinski definition) is 4. The highest BCUT2D eigenvalue weighted by Gasteiger charge is 2.28. The van der Waals surface area contributed by atoms with E-state index in [0.717, 1.165) is 77.0 Å². The molecule has 0 saturated heterocycles. The molecule has 12 nitrogen and oxygen atoms in total. The zero-order valence-electron chi connectivity index (χ0n) is 36.8. The van der Waals surface area contributed by atoms with E-state index in [2.05, 4.69) is 97.4 Å². The number of aliphatic carboxylic acids is 1. The Morgan fingerprint density at radius 3 is 1.67 bits per heavy atom. The van der Waals surface area contributed by atoms with Crippen molar-refractivity contribution in [3.8, 4) is 0 Å². The van der Waals surface area contributed by atoms with Crippen molar-refractivity contribution < 1.29 is 52.6 Å². The van der Waals surface area contributed by atoms with E-state index in [1.807, 2.05) is 12.2 Å². The SMILES string of the molecule is CC/C=C\C/C=C\C/C=C\C/C=C\C/C=C\C=C/C(O)CCC(=O)O[C@H](COC(=O)CCCCCC/C=C\C/C=C\C/C=C\CCCCC)COP(=O)(O)OC[C@H](N)C(=O)O. The van der Waals surface area contributed by atoms with Gasteiger partial charge in [-0.15, -0.1) is 0 Å². The molecule has 0 bridgehead atoms. The van der Waals surface area contributed by atoms with Crippen LogP contribution in [0.15, 0.2) is 109 Å². The Bertz CT molecular complexity index is 1460. The van der Waals surface area contributed by atoms with Gasteiger partial charge in [0.2, 0.25) is 0 Å². The van der Waals surface area contributed by atoms with Crippen LogP contribution in [0.4, 0.5) is 0 Å². The van der Waals surface area contributed by atoms with Crippen molar-refractivity contribution in [2.24, 2.45) is 5.73 Å². The van der Waals surface area contributed by atoms with E-state index in [0.29, 0.717) is 6.42 Å². The van der Waals surface area contributed by atoms with Crippen LogP contribution in [0.25, 0.3) is 0 Å². The van der Waals surface area contributed by atoms with Crippen LogP contribution >= 0.6 is 7.82 Å². The van der Waals surface area contributed by atoms with Crippen molar-refractivity contribution in [2.45, 2.75) is 154 Å². The molecule has 4 atom stereocenters. The lowest BCUT2D eigenvalue weighted by molar-refractivity contribution is -0.161. The number of carboxylic acid groups (broad SMARTS) is 1. The lowest BCUT2D eigenvalue weighted by Crippen LogP contribution is -2.34. The number of rotatable bonds is 39. The lowest BCUT2D eigenvalue weighted by Gasteiger charge is -2.20. The molecule has 0 radical (unpaired) electrons. The molecule has 0 aliphatic carbocycles. The fraction of sp³-hybridized carbons (Fsp3) is 0.562. The summed E-state index contributed by atoms with van der Waals surface area (Å²) >= 11 is 0. The van der Waals surface area contributed by atoms with Crippen molar-refractivity contribution in [1.82, 2.24) is 0 Å². The third-order valence-electron chi connectivity index (χ3n) is 8.62. The largest absolute Gasteiger partial charge is 0.480 e. The van der Waals surface area contributed by atoms with Gasteiger partial charge in [-0.1, -0.05) is 149 Å². The van der Waals surface area contributed by atoms with Crippen LogP contribution in [0.2, 0.25) is 0 Å². The molecule has 0 aromatic heterocycles. The Morgan fingerprint density at radius 2 is 1.11 bits per heavy atom. The van der Waals surface area contributed by atoms with Gasteiger partial charge in [0.15, 0.2) is 6.10 Å². The van der Waals surface area contributed by atoms with Gasteiger partial charge in [-0.3, -0.25) is 23.4 Å². The number of carboxylic acids is 1. The van der Waals surface area contributed by atoms with E-state index in [9.17, 15) is 28.9 Å². The number of allylic oxidation sites excluding steroid dienone is 17. The van der Waals surface area contributed by atoms with Crippen LogP contribution in [-0.2, 0) is 37.5 Å². The number of ether oxygens (including phenoxy) is 2. The highest BCUT2D eigenvalue weighted by molar-refractivity contribution is 7.47. The first-order chi connectivity index (χ1) is 29.5. The molecule has 0 heterocycles. The number of phosphoric ester groups is 1. The second kappa shape index (κ2) is 41.5. The third kappa shape index (κ3) is 41.2. The maximum absolute atomic E-state index is 12.6. The number of aliphatic hydroxyl groups excluding tert-OH is 1. The average Bonchev–Trinajstić information content (AvgIpc) is 3.23. The van der Waals surface area contributed by atoms with Gasteiger partial charge in [0.05, 0.1) is 19.3 Å². The highest BCUT2D eigenvalue weighted by Crippen LogP contribution is 2.43. The van der Waals surface area contributed by atoms with E-state index >= 15 is 0 Å². The number of unbranched alkanes of at least 4 members (excludes halogenated alkanes) is 7. The minimum atomic E-state index is -4.80. The molecule has 0 amide bonds. The zero-order valence-corrected chi connectivity index (χ0v) is 37.7. The second-order valence-corrected chi connectivity index (χ2v) is 15.7. The van der Waals surface area contributed by atoms with Crippen molar-refractivity contribution in [2.75, 3.05) is 19.8 Å². The van der Waals surface area contributed by atoms with Gasteiger partial charge in [0.25, 0.3) is 0 Å². The van der Waals surface area contributed by atoms with Crippen LogP contribution in [-0.4, -0.2) is 71.1 Å². The smallest absolute Gasteiger partial charge is 0.472 e. The number of carbonyl (C=O) groups is 3. The minimum Gasteiger partial charge on any atom is -0.480 e. The summed E-state index contributed by atoms with van der Waals surface area (Å²) in [5.74, 6) is -2.74. The molecule has 0 fully saturated rings. The van der Waals surface area contributed by atoms with E-state index in [1.54, 1.807) is 12.2 Å². The van der Waals surface area contributed by atoms with Crippen LogP contribution in [0.1, 0.15) is 136 Å². The molecule has 0 aliphatic rings. The number of nitrogens with two attached hydrogens (primary N) is 1. The van der Waals surface area contributed by atoms with Crippen LogP contribution < -0.4 is 5.73 Å². The topological polar surface area (TPSA) is 192 Å².